The van der Waals surface area contributed by atoms with Gasteiger partial charge in [-0.25, -0.2) is 0 Å². The Kier molecular flexibility index (Phi) is 3.31. The van der Waals surface area contributed by atoms with E-state index in [1.807, 2.05) is 13.8 Å². The Morgan fingerprint density at radius 3 is 2.62 bits per heavy atom. The Bertz CT molecular complexity index is 185. The molecule has 1 amide bonds. The van der Waals surface area contributed by atoms with Crippen LogP contribution in [-0.2, 0) is 4.79 Å². The van der Waals surface area contributed by atoms with Crippen LogP contribution < -0.4 is 11.1 Å². The van der Waals surface area contributed by atoms with Crippen molar-refractivity contribution in [2.24, 2.45) is 5.73 Å². The molecule has 0 aliphatic heterocycles. The fourth-order valence-corrected chi connectivity index (χ4v) is 1.54. The minimum atomic E-state index is -0.676. The van der Waals surface area contributed by atoms with Gasteiger partial charge in [0.1, 0.15) is 0 Å². The van der Waals surface area contributed by atoms with Crippen molar-refractivity contribution in [3.63, 3.8) is 0 Å². The second kappa shape index (κ2) is 4.09. The molecule has 1 fully saturated rings. The summed E-state index contributed by atoms with van der Waals surface area (Å²) in [5.74, 6) is 0.0130. The zero-order valence-electron chi connectivity index (χ0n) is 8.60. The van der Waals surface area contributed by atoms with Crippen molar-refractivity contribution in [2.45, 2.75) is 57.5 Å². The van der Waals surface area contributed by atoms with Crippen molar-refractivity contribution in [3.8, 4) is 0 Å². The van der Waals surface area contributed by atoms with E-state index in [1.165, 1.54) is 6.42 Å². The van der Waals surface area contributed by atoms with Gasteiger partial charge in [-0.15, -0.1) is 0 Å². The van der Waals surface area contributed by atoms with Crippen molar-refractivity contribution < 1.29 is 4.79 Å². The topological polar surface area (TPSA) is 55.1 Å². The predicted molar refractivity (Wildman–Crippen MR) is 53.3 cm³/mol. The Hall–Kier alpha value is -0.570. The summed E-state index contributed by atoms with van der Waals surface area (Å²) in [4.78, 5) is 11.6. The highest BCUT2D eigenvalue weighted by Crippen LogP contribution is 2.19. The van der Waals surface area contributed by atoms with Crippen LogP contribution in [0.3, 0.4) is 0 Å². The molecule has 1 saturated carbocycles. The first-order chi connectivity index (χ1) is 6.06. The van der Waals surface area contributed by atoms with E-state index in [4.69, 9.17) is 5.73 Å². The number of rotatable bonds is 4. The molecule has 0 aromatic rings. The normalized spacial score (nSPS) is 21.8. The molecule has 3 N–H and O–H groups in total. The second-order valence-corrected chi connectivity index (χ2v) is 4.27. The summed E-state index contributed by atoms with van der Waals surface area (Å²) >= 11 is 0. The quantitative estimate of drug-likeness (QED) is 0.689. The minimum Gasteiger partial charge on any atom is -0.352 e. The third-order valence-corrected chi connectivity index (χ3v) is 2.73. The molecule has 1 unspecified atom stereocenters. The van der Waals surface area contributed by atoms with Crippen molar-refractivity contribution in [2.75, 3.05) is 0 Å². The molecule has 0 radical (unpaired) electrons. The monoisotopic (exact) mass is 184 g/mol. The van der Waals surface area contributed by atoms with Crippen LogP contribution in [0.4, 0.5) is 0 Å². The first kappa shape index (κ1) is 10.5. The number of hydrogen-bond acceptors (Lipinski definition) is 2. The van der Waals surface area contributed by atoms with Crippen LogP contribution >= 0.6 is 0 Å². The molecule has 0 saturated heterocycles. The van der Waals surface area contributed by atoms with Gasteiger partial charge in [-0.3, -0.25) is 4.79 Å². The average Bonchev–Trinajstić information content (AvgIpc) is 1.96. The first-order valence-electron chi connectivity index (χ1n) is 5.16. The van der Waals surface area contributed by atoms with Crippen LogP contribution in [0.25, 0.3) is 0 Å². The molecule has 3 heteroatoms. The van der Waals surface area contributed by atoms with Gasteiger partial charge in [0, 0.05) is 6.04 Å². The Labute approximate surface area is 80.1 Å². The fraction of sp³-hybridized carbons (Fsp3) is 0.900. The number of hydrogen-bond donors (Lipinski definition) is 2. The smallest absolute Gasteiger partial charge is 0.240 e. The maximum absolute atomic E-state index is 11.6. The summed E-state index contributed by atoms with van der Waals surface area (Å²) in [5.41, 5.74) is 5.21. The Balaban J connectivity index is 2.35. The summed E-state index contributed by atoms with van der Waals surface area (Å²) < 4.78 is 0. The zero-order valence-corrected chi connectivity index (χ0v) is 8.60. The lowest BCUT2D eigenvalue weighted by atomic mass is 9.90. The standard InChI is InChI=1S/C10H20N2O/c1-3-7-10(2,11)9(13)12-8-5-4-6-8/h8H,3-7,11H2,1-2H3,(H,12,13). The highest BCUT2D eigenvalue weighted by atomic mass is 16.2. The predicted octanol–water partition coefficient (Wildman–Crippen LogP) is 1.17. The number of amides is 1. The lowest BCUT2D eigenvalue weighted by Crippen LogP contribution is -2.55. The number of nitrogens with two attached hydrogens (primary N) is 1. The average molecular weight is 184 g/mol. The molecule has 0 spiro atoms. The van der Waals surface area contributed by atoms with Gasteiger partial charge in [-0.05, 0) is 32.6 Å². The molecule has 3 nitrogen and oxygen atoms in total. The van der Waals surface area contributed by atoms with E-state index in [0.717, 1.165) is 25.7 Å². The van der Waals surface area contributed by atoms with E-state index in [9.17, 15) is 4.79 Å². The van der Waals surface area contributed by atoms with Crippen LogP contribution in [0.2, 0.25) is 0 Å². The van der Waals surface area contributed by atoms with Gasteiger partial charge in [0.15, 0.2) is 0 Å². The van der Waals surface area contributed by atoms with E-state index >= 15 is 0 Å². The van der Waals surface area contributed by atoms with Crippen LogP contribution in [0.1, 0.15) is 46.0 Å². The molecule has 1 aliphatic carbocycles. The van der Waals surface area contributed by atoms with Gasteiger partial charge in [0.25, 0.3) is 0 Å². The number of carbonyl (C=O) groups is 1. The number of carbonyl (C=O) groups excluding carboxylic acids is 1. The largest absolute Gasteiger partial charge is 0.352 e. The lowest BCUT2D eigenvalue weighted by Gasteiger charge is -2.31. The minimum absolute atomic E-state index is 0.0130. The third-order valence-electron chi connectivity index (χ3n) is 2.73. The van der Waals surface area contributed by atoms with E-state index < -0.39 is 5.54 Å². The summed E-state index contributed by atoms with van der Waals surface area (Å²) in [5, 5.41) is 2.98. The van der Waals surface area contributed by atoms with Gasteiger partial charge in [-0.2, -0.15) is 0 Å². The van der Waals surface area contributed by atoms with Crippen LogP contribution in [0, 0.1) is 0 Å². The highest BCUT2D eigenvalue weighted by Gasteiger charge is 2.30. The SMILES string of the molecule is CCCC(C)(N)C(=O)NC1CCC1. The van der Waals surface area contributed by atoms with Gasteiger partial charge in [-0.1, -0.05) is 13.3 Å². The van der Waals surface area contributed by atoms with Gasteiger partial charge >= 0.3 is 0 Å². The summed E-state index contributed by atoms with van der Waals surface area (Å²) in [6.45, 7) is 3.85. The molecule has 0 heterocycles. The maximum atomic E-state index is 11.6. The summed E-state index contributed by atoms with van der Waals surface area (Å²) in [6, 6.07) is 0.396. The maximum Gasteiger partial charge on any atom is 0.240 e. The molecule has 0 aromatic carbocycles. The first-order valence-corrected chi connectivity index (χ1v) is 5.16. The van der Waals surface area contributed by atoms with Crippen LogP contribution in [-0.4, -0.2) is 17.5 Å². The van der Waals surface area contributed by atoms with Crippen molar-refractivity contribution in [1.29, 1.82) is 0 Å². The second-order valence-electron chi connectivity index (χ2n) is 4.27. The summed E-state index contributed by atoms with van der Waals surface area (Å²) in [7, 11) is 0. The van der Waals surface area contributed by atoms with E-state index in [-0.39, 0.29) is 5.91 Å². The molecule has 1 aliphatic rings. The molecule has 1 rings (SSSR count). The number of nitrogens with one attached hydrogen (secondary N) is 1. The van der Waals surface area contributed by atoms with Gasteiger partial charge in [0.05, 0.1) is 5.54 Å². The van der Waals surface area contributed by atoms with Crippen LogP contribution in [0.15, 0.2) is 0 Å². The molecule has 13 heavy (non-hydrogen) atoms. The van der Waals surface area contributed by atoms with Crippen molar-refractivity contribution in [3.05, 3.63) is 0 Å². The van der Waals surface area contributed by atoms with Gasteiger partial charge in [0.2, 0.25) is 5.91 Å². The van der Waals surface area contributed by atoms with Crippen molar-refractivity contribution in [1.82, 2.24) is 5.32 Å². The van der Waals surface area contributed by atoms with Crippen molar-refractivity contribution >= 4 is 5.91 Å². The molecule has 0 bridgehead atoms. The zero-order chi connectivity index (χ0) is 9.90. The fourth-order valence-electron chi connectivity index (χ4n) is 1.54. The molecule has 76 valence electrons. The van der Waals surface area contributed by atoms with E-state index in [0.29, 0.717) is 6.04 Å². The van der Waals surface area contributed by atoms with E-state index in [2.05, 4.69) is 5.32 Å². The molecular weight excluding hydrogens is 164 g/mol. The molecule has 1 atom stereocenters. The molecular formula is C10H20N2O. The highest BCUT2D eigenvalue weighted by molar-refractivity contribution is 5.85. The Morgan fingerprint density at radius 2 is 2.23 bits per heavy atom. The molecule has 0 aromatic heterocycles. The van der Waals surface area contributed by atoms with E-state index in [1.54, 1.807) is 0 Å². The van der Waals surface area contributed by atoms with Crippen LogP contribution in [0.5, 0.6) is 0 Å². The van der Waals surface area contributed by atoms with Gasteiger partial charge < -0.3 is 11.1 Å². The Morgan fingerprint density at radius 1 is 1.62 bits per heavy atom. The summed E-state index contributed by atoms with van der Waals surface area (Å²) in [6.07, 6.45) is 5.18. The lowest BCUT2D eigenvalue weighted by molar-refractivity contribution is -0.127. The third kappa shape index (κ3) is 2.69.